The number of allylic oxidation sites excluding steroid dienone is 4. The third kappa shape index (κ3) is 5.00. The molecule has 0 bridgehead atoms. The third-order valence-electron chi connectivity index (χ3n) is 6.09. The monoisotopic (exact) mass is 590 g/mol. The molecule has 2 aromatic carbocycles. The van der Waals surface area contributed by atoms with Gasteiger partial charge in [-0.3, -0.25) is 4.89 Å². The van der Waals surface area contributed by atoms with Gasteiger partial charge in [0.2, 0.25) is 0 Å². The Morgan fingerprint density at radius 3 is 1.65 bits per heavy atom. The van der Waals surface area contributed by atoms with Crippen molar-refractivity contribution in [3.8, 4) is 11.5 Å². The predicted molar refractivity (Wildman–Crippen MR) is 154 cm³/mol. The standard InChI is InChI=1S/C26H23O6PS4/c1-29-19-7-3-5-17-21(13-15-9-11-34-25(15)36-23(17)19)31-33(27,28)32-22-14-16-10-12-35-26(16)37-24-18(22)6-4-8-20(24)30-2/h3-8,13-14H,9-12H2,1-2H3,(H,27,28). The van der Waals surface area contributed by atoms with E-state index in [0.29, 0.717) is 34.1 Å². The van der Waals surface area contributed by atoms with Crippen molar-refractivity contribution in [3.05, 3.63) is 79.3 Å². The predicted octanol–water partition coefficient (Wildman–Crippen LogP) is 8.13. The van der Waals surface area contributed by atoms with Crippen LogP contribution in [-0.2, 0) is 13.6 Å². The Kier molecular flexibility index (Phi) is 7.16. The summed E-state index contributed by atoms with van der Waals surface area (Å²) in [6, 6.07) is 11.2. The van der Waals surface area contributed by atoms with Crippen LogP contribution in [0.5, 0.6) is 11.5 Å². The summed E-state index contributed by atoms with van der Waals surface area (Å²) in [5, 5.41) is 0. The zero-order valence-corrected chi connectivity index (χ0v) is 24.2. The van der Waals surface area contributed by atoms with E-state index in [4.69, 9.17) is 18.5 Å². The summed E-state index contributed by atoms with van der Waals surface area (Å²) in [5.74, 6) is 3.88. The molecule has 37 heavy (non-hydrogen) atoms. The van der Waals surface area contributed by atoms with Crippen LogP contribution >= 0.6 is 54.9 Å². The lowest BCUT2D eigenvalue weighted by Crippen LogP contribution is -2.00. The van der Waals surface area contributed by atoms with Crippen molar-refractivity contribution in [1.82, 2.24) is 0 Å². The minimum absolute atomic E-state index is 0.297. The van der Waals surface area contributed by atoms with Gasteiger partial charge < -0.3 is 18.5 Å². The van der Waals surface area contributed by atoms with E-state index in [1.807, 2.05) is 48.6 Å². The molecule has 11 heteroatoms. The highest BCUT2D eigenvalue weighted by Crippen LogP contribution is 2.58. The average molecular weight is 591 g/mol. The first-order valence-electron chi connectivity index (χ1n) is 11.5. The Balaban J connectivity index is 1.38. The van der Waals surface area contributed by atoms with E-state index in [0.717, 1.165) is 53.8 Å². The minimum atomic E-state index is -4.59. The fraction of sp³-hybridized carbons (Fsp3) is 0.231. The van der Waals surface area contributed by atoms with E-state index < -0.39 is 7.82 Å². The molecule has 4 aliphatic heterocycles. The van der Waals surface area contributed by atoms with E-state index in [1.54, 1.807) is 61.3 Å². The van der Waals surface area contributed by atoms with Gasteiger partial charge in [-0.15, -0.1) is 23.5 Å². The summed E-state index contributed by atoms with van der Waals surface area (Å²) < 4.78 is 38.8. The van der Waals surface area contributed by atoms with Gasteiger partial charge in [0.1, 0.15) is 23.0 Å². The first-order chi connectivity index (χ1) is 18.0. The molecular weight excluding hydrogens is 568 g/mol. The Bertz CT molecular complexity index is 1360. The van der Waals surface area contributed by atoms with E-state index in [9.17, 15) is 9.46 Å². The normalized spacial score (nSPS) is 18.6. The minimum Gasteiger partial charge on any atom is -0.496 e. The molecule has 2 aromatic rings. The van der Waals surface area contributed by atoms with Crippen molar-refractivity contribution >= 4 is 66.4 Å². The summed E-state index contributed by atoms with van der Waals surface area (Å²) in [4.78, 5) is 12.8. The number of ether oxygens (including phenoxy) is 2. The first-order valence-corrected chi connectivity index (χ1v) is 16.6. The molecule has 0 radical (unpaired) electrons. The zero-order chi connectivity index (χ0) is 25.6. The second-order valence-corrected chi connectivity index (χ2v) is 14.4. The molecule has 192 valence electrons. The summed E-state index contributed by atoms with van der Waals surface area (Å²) >= 11 is 6.76. The fourth-order valence-electron chi connectivity index (χ4n) is 4.38. The topological polar surface area (TPSA) is 74.2 Å². The quantitative estimate of drug-likeness (QED) is 0.333. The lowest BCUT2D eigenvalue weighted by atomic mass is 10.1. The van der Waals surface area contributed by atoms with Crippen LogP contribution in [0.3, 0.4) is 0 Å². The maximum absolute atomic E-state index is 13.6. The molecule has 0 spiro atoms. The van der Waals surface area contributed by atoms with E-state index in [-0.39, 0.29) is 0 Å². The zero-order valence-electron chi connectivity index (χ0n) is 20.0. The molecule has 0 fully saturated rings. The van der Waals surface area contributed by atoms with Gasteiger partial charge in [-0.05, 0) is 60.4 Å². The van der Waals surface area contributed by atoms with Crippen LogP contribution in [-0.4, -0.2) is 30.6 Å². The molecule has 4 heterocycles. The van der Waals surface area contributed by atoms with Crippen molar-refractivity contribution in [2.75, 3.05) is 25.7 Å². The summed E-state index contributed by atoms with van der Waals surface area (Å²) in [7, 11) is -1.35. The summed E-state index contributed by atoms with van der Waals surface area (Å²) in [5.41, 5.74) is 3.56. The van der Waals surface area contributed by atoms with Gasteiger partial charge in [-0.25, -0.2) is 4.57 Å². The van der Waals surface area contributed by atoms with Crippen LogP contribution in [0.25, 0.3) is 11.5 Å². The number of hydrogen-bond donors (Lipinski definition) is 1. The Morgan fingerprint density at radius 2 is 1.22 bits per heavy atom. The Labute approximate surface area is 232 Å². The van der Waals surface area contributed by atoms with Gasteiger partial charge in [0.05, 0.1) is 24.0 Å². The highest BCUT2D eigenvalue weighted by atomic mass is 32.2. The van der Waals surface area contributed by atoms with Gasteiger partial charge >= 0.3 is 7.82 Å². The van der Waals surface area contributed by atoms with Crippen LogP contribution in [0.4, 0.5) is 0 Å². The third-order valence-corrected chi connectivity index (χ3v) is 12.2. The smallest absolute Gasteiger partial charge is 0.496 e. The first kappa shape index (κ1) is 25.5. The summed E-state index contributed by atoms with van der Waals surface area (Å²) in [6.45, 7) is 0. The molecule has 0 aromatic heterocycles. The maximum atomic E-state index is 13.6. The second kappa shape index (κ2) is 10.4. The number of thioether (sulfide) groups is 4. The van der Waals surface area contributed by atoms with Crippen molar-refractivity contribution < 1.29 is 28.0 Å². The molecule has 0 unspecified atom stereocenters. The second-order valence-electron chi connectivity index (χ2n) is 8.37. The lowest BCUT2D eigenvalue weighted by molar-refractivity contribution is 0.262. The van der Waals surface area contributed by atoms with Crippen molar-refractivity contribution in [1.29, 1.82) is 0 Å². The SMILES string of the molecule is COc1cccc2c1SC1=C(C=C2OP(=O)(O)OC2=CC3=C(SCC3)Sc3c(OC)cccc32)CCS1. The van der Waals surface area contributed by atoms with Crippen molar-refractivity contribution in [3.63, 3.8) is 0 Å². The van der Waals surface area contributed by atoms with Crippen LogP contribution in [0.2, 0.25) is 0 Å². The van der Waals surface area contributed by atoms with Crippen LogP contribution in [0.15, 0.2) is 78.0 Å². The number of rotatable bonds is 6. The van der Waals surface area contributed by atoms with Gasteiger partial charge in [0.15, 0.2) is 0 Å². The number of fused-ring (bicyclic) bond motifs is 2. The molecule has 0 saturated carbocycles. The number of benzene rings is 2. The number of methoxy groups -OCH3 is 2. The van der Waals surface area contributed by atoms with E-state index >= 15 is 0 Å². The molecule has 0 saturated heterocycles. The number of hydrogen-bond acceptors (Lipinski definition) is 9. The van der Waals surface area contributed by atoms with Crippen LogP contribution in [0, 0.1) is 0 Å². The molecule has 6 rings (SSSR count). The van der Waals surface area contributed by atoms with E-state index in [2.05, 4.69) is 0 Å². The molecule has 0 amide bonds. The highest BCUT2D eigenvalue weighted by Gasteiger charge is 2.35. The van der Waals surface area contributed by atoms with Gasteiger partial charge in [0, 0.05) is 31.1 Å². The lowest BCUT2D eigenvalue weighted by Gasteiger charge is -2.20. The largest absolute Gasteiger partial charge is 0.584 e. The highest BCUT2D eigenvalue weighted by molar-refractivity contribution is 8.23. The number of phosphoric ester groups is 1. The Morgan fingerprint density at radius 1 is 0.757 bits per heavy atom. The molecule has 4 aliphatic rings. The van der Waals surface area contributed by atoms with Gasteiger partial charge in [-0.1, -0.05) is 35.7 Å². The van der Waals surface area contributed by atoms with Gasteiger partial charge in [0.25, 0.3) is 0 Å². The maximum Gasteiger partial charge on any atom is 0.584 e. The molecular formula is C26H23O6PS4. The van der Waals surface area contributed by atoms with Crippen LogP contribution in [0.1, 0.15) is 24.0 Å². The van der Waals surface area contributed by atoms with Gasteiger partial charge in [-0.2, -0.15) is 0 Å². The Hall–Kier alpha value is -1.81. The fourth-order valence-corrected chi connectivity index (χ4v) is 10.4. The van der Waals surface area contributed by atoms with E-state index in [1.165, 1.54) is 0 Å². The molecule has 1 N–H and O–H groups in total. The summed E-state index contributed by atoms with van der Waals surface area (Å²) in [6.07, 6.45) is 5.44. The van der Waals surface area contributed by atoms with Crippen molar-refractivity contribution in [2.45, 2.75) is 22.6 Å². The number of phosphoric acid groups is 1. The molecule has 6 nitrogen and oxygen atoms in total. The van der Waals surface area contributed by atoms with Crippen molar-refractivity contribution in [2.24, 2.45) is 0 Å². The average Bonchev–Trinajstić information content (AvgIpc) is 3.45. The van der Waals surface area contributed by atoms with Crippen LogP contribution < -0.4 is 9.47 Å². The molecule has 0 atom stereocenters. The molecule has 0 aliphatic carbocycles.